The SMILES string of the molecule is CN1CCc2ccc(CC3(N)CC3)cc21. The summed E-state index contributed by atoms with van der Waals surface area (Å²) in [6, 6.07) is 6.86. The first-order valence-electron chi connectivity index (χ1n) is 5.78. The van der Waals surface area contributed by atoms with Crippen LogP contribution in [0.25, 0.3) is 0 Å². The van der Waals surface area contributed by atoms with Crippen LogP contribution in [0.1, 0.15) is 24.0 Å². The third kappa shape index (κ3) is 1.63. The number of hydrogen-bond donors (Lipinski definition) is 1. The van der Waals surface area contributed by atoms with Gasteiger partial charge < -0.3 is 10.6 Å². The summed E-state index contributed by atoms with van der Waals surface area (Å²) in [6.07, 6.45) is 4.63. The van der Waals surface area contributed by atoms with Crippen LogP contribution < -0.4 is 10.6 Å². The molecular formula is C13H18N2. The first-order chi connectivity index (χ1) is 7.16. The molecule has 2 heteroatoms. The molecule has 2 aliphatic rings. The Morgan fingerprint density at radius 2 is 2.20 bits per heavy atom. The van der Waals surface area contributed by atoms with Crippen molar-refractivity contribution in [1.29, 1.82) is 0 Å². The van der Waals surface area contributed by atoms with Gasteiger partial charge >= 0.3 is 0 Å². The molecular weight excluding hydrogens is 184 g/mol. The molecule has 0 saturated heterocycles. The van der Waals surface area contributed by atoms with Crippen molar-refractivity contribution >= 4 is 5.69 Å². The molecule has 0 unspecified atom stereocenters. The van der Waals surface area contributed by atoms with Gasteiger partial charge in [0.25, 0.3) is 0 Å². The van der Waals surface area contributed by atoms with Crippen molar-refractivity contribution in [1.82, 2.24) is 0 Å². The molecule has 3 rings (SSSR count). The van der Waals surface area contributed by atoms with E-state index in [1.54, 1.807) is 0 Å². The number of nitrogens with zero attached hydrogens (tertiary/aromatic N) is 1. The summed E-state index contributed by atoms with van der Waals surface area (Å²) in [7, 11) is 2.17. The van der Waals surface area contributed by atoms with E-state index in [9.17, 15) is 0 Å². The van der Waals surface area contributed by atoms with E-state index in [-0.39, 0.29) is 5.54 Å². The standard InChI is InChI=1S/C13H18N2/c1-15-7-4-11-3-2-10(8-12(11)15)9-13(14)5-6-13/h2-3,8H,4-7,9,14H2,1H3. The van der Waals surface area contributed by atoms with E-state index in [1.807, 2.05) is 0 Å². The molecule has 0 aromatic heterocycles. The maximum absolute atomic E-state index is 6.14. The summed E-state index contributed by atoms with van der Waals surface area (Å²) in [6.45, 7) is 1.16. The van der Waals surface area contributed by atoms with E-state index in [4.69, 9.17) is 5.73 Å². The van der Waals surface area contributed by atoms with E-state index in [1.165, 1.54) is 36.1 Å². The average Bonchev–Trinajstić information content (AvgIpc) is 2.82. The van der Waals surface area contributed by atoms with E-state index in [0.29, 0.717) is 0 Å². The summed E-state index contributed by atoms with van der Waals surface area (Å²) in [5.41, 5.74) is 10.6. The molecule has 1 aliphatic heterocycles. The second-order valence-electron chi connectivity index (χ2n) is 5.17. The topological polar surface area (TPSA) is 29.3 Å². The van der Waals surface area contributed by atoms with Crippen LogP contribution in [0.4, 0.5) is 5.69 Å². The Labute approximate surface area is 91.1 Å². The molecule has 1 saturated carbocycles. The lowest BCUT2D eigenvalue weighted by molar-refractivity contribution is 0.672. The summed E-state index contributed by atoms with van der Waals surface area (Å²) < 4.78 is 0. The molecule has 15 heavy (non-hydrogen) atoms. The molecule has 0 amide bonds. The van der Waals surface area contributed by atoms with Gasteiger partial charge in [-0.3, -0.25) is 0 Å². The van der Waals surface area contributed by atoms with Crippen molar-refractivity contribution < 1.29 is 0 Å². The Morgan fingerprint density at radius 3 is 2.93 bits per heavy atom. The predicted molar refractivity (Wildman–Crippen MR) is 63.3 cm³/mol. The van der Waals surface area contributed by atoms with Crippen LogP contribution in [0.5, 0.6) is 0 Å². The van der Waals surface area contributed by atoms with E-state index >= 15 is 0 Å². The Kier molecular flexibility index (Phi) is 1.84. The second kappa shape index (κ2) is 2.99. The molecule has 1 heterocycles. The third-order valence-electron chi connectivity index (χ3n) is 3.73. The normalized spacial score (nSPS) is 21.6. The lowest BCUT2D eigenvalue weighted by atomic mass is 10.0. The quantitative estimate of drug-likeness (QED) is 0.791. The summed E-state index contributed by atoms with van der Waals surface area (Å²) in [5.74, 6) is 0. The highest BCUT2D eigenvalue weighted by Gasteiger charge is 2.38. The van der Waals surface area contributed by atoms with Gasteiger partial charge in [0, 0.05) is 24.8 Å². The van der Waals surface area contributed by atoms with Gasteiger partial charge in [-0.2, -0.15) is 0 Å². The van der Waals surface area contributed by atoms with E-state index < -0.39 is 0 Å². The predicted octanol–water partition coefficient (Wildman–Crippen LogP) is 1.71. The molecule has 1 aromatic rings. The van der Waals surface area contributed by atoms with Crippen LogP contribution in [-0.2, 0) is 12.8 Å². The van der Waals surface area contributed by atoms with Gasteiger partial charge in [-0.05, 0) is 42.9 Å². The van der Waals surface area contributed by atoms with Gasteiger partial charge in [-0.15, -0.1) is 0 Å². The molecule has 0 atom stereocenters. The van der Waals surface area contributed by atoms with Crippen LogP contribution in [0, 0.1) is 0 Å². The molecule has 2 nitrogen and oxygen atoms in total. The number of rotatable bonds is 2. The van der Waals surface area contributed by atoms with Gasteiger partial charge in [0.1, 0.15) is 0 Å². The zero-order chi connectivity index (χ0) is 10.5. The van der Waals surface area contributed by atoms with Crippen molar-refractivity contribution in [3.63, 3.8) is 0 Å². The first-order valence-corrected chi connectivity index (χ1v) is 5.78. The highest BCUT2D eigenvalue weighted by molar-refractivity contribution is 5.59. The van der Waals surface area contributed by atoms with Gasteiger partial charge in [0.15, 0.2) is 0 Å². The molecule has 1 fully saturated rings. The third-order valence-corrected chi connectivity index (χ3v) is 3.73. The Bertz CT molecular complexity index is 394. The molecule has 1 aromatic carbocycles. The number of benzene rings is 1. The Morgan fingerprint density at radius 1 is 1.40 bits per heavy atom. The fourth-order valence-corrected chi connectivity index (χ4v) is 2.44. The Hall–Kier alpha value is -1.02. The molecule has 0 bridgehead atoms. The van der Waals surface area contributed by atoms with Gasteiger partial charge in [-0.25, -0.2) is 0 Å². The van der Waals surface area contributed by atoms with Crippen molar-refractivity contribution in [2.75, 3.05) is 18.5 Å². The lowest BCUT2D eigenvalue weighted by Gasteiger charge is -2.14. The van der Waals surface area contributed by atoms with Crippen LogP contribution in [-0.4, -0.2) is 19.1 Å². The largest absolute Gasteiger partial charge is 0.374 e. The van der Waals surface area contributed by atoms with Crippen molar-refractivity contribution in [2.24, 2.45) is 5.73 Å². The minimum atomic E-state index is 0.130. The van der Waals surface area contributed by atoms with Crippen LogP contribution in [0.2, 0.25) is 0 Å². The Balaban J connectivity index is 1.88. The van der Waals surface area contributed by atoms with Crippen molar-refractivity contribution in [3.8, 4) is 0 Å². The van der Waals surface area contributed by atoms with Crippen LogP contribution >= 0.6 is 0 Å². The van der Waals surface area contributed by atoms with Gasteiger partial charge in [-0.1, -0.05) is 12.1 Å². The zero-order valence-electron chi connectivity index (χ0n) is 9.29. The molecule has 1 aliphatic carbocycles. The van der Waals surface area contributed by atoms with Crippen LogP contribution in [0.3, 0.4) is 0 Å². The zero-order valence-corrected chi connectivity index (χ0v) is 9.29. The van der Waals surface area contributed by atoms with E-state index in [0.717, 1.165) is 13.0 Å². The summed E-state index contributed by atoms with van der Waals surface area (Å²) in [5, 5.41) is 0. The van der Waals surface area contributed by atoms with E-state index in [2.05, 4.69) is 30.1 Å². The first kappa shape index (κ1) is 9.22. The van der Waals surface area contributed by atoms with Crippen molar-refractivity contribution in [3.05, 3.63) is 29.3 Å². The number of likely N-dealkylation sites (N-methyl/N-ethyl adjacent to an activating group) is 1. The monoisotopic (exact) mass is 202 g/mol. The molecule has 2 N–H and O–H groups in total. The van der Waals surface area contributed by atoms with Gasteiger partial charge in [0.2, 0.25) is 0 Å². The smallest absolute Gasteiger partial charge is 0.0399 e. The summed E-state index contributed by atoms with van der Waals surface area (Å²) >= 11 is 0. The fraction of sp³-hybridized carbons (Fsp3) is 0.538. The number of nitrogens with two attached hydrogens (primary N) is 1. The maximum atomic E-state index is 6.14. The highest BCUT2D eigenvalue weighted by atomic mass is 15.1. The summed E-state index contributed by atoms with van der Waals surface area (Å²) in [4.78, 5) is 2.34. The second-order valence-corrected chi connectivity index (χ2v) is 5.17. The number of hydrogen-bond acceptors (Lipinski definition) is 2. The number of fused-ring (bicyclic) bond motifs is 1. The highest BCUT2D eigenvalue weighted by Crippen LogP contribution is 2.37. The van der Waals surface area contributed by atoms with Crippen LogP contribution in [0.15, 0.2) is 18.2 Å². The maximum Gasteiger partial charge on any atom is 0.0399 e. The van der Waals surface area contributed by atoms with Gasteiger partial charge in [0.05, 0.1) is 0 Å². The molecule has 0 spiro atoms. The molecule has 80 valence electrons. The fourth-order valence-electron chi connectivity index (χ4n) is 2.44. The molecule has 0 radical (unpaired) electrons. The lowest BCUT2D eigenvalue weighted by Crippen LogP contribution is -2.24. The van der Waals surface area contributed by atoms with Crippen molar-refractivity contribution in [2.45, 2.75) is 31.2 Å². The minimum absolute atomic E-state index is 0.130. The average molecular weight is 202 g/mol. The number of anilines is 1. The minimum Gasteiger partial charge on any atom is -0.374 e.